The van der Waals surface area contributed by atoms with Gasteiger partial charge in [-0.25, -0.2) is 0 Å². The molecule has 3 N–H and O–H groups in total. The average Bonchev–Trinajstić information content (AvgIpc) is 2.86. The summed E-state index contributed by atoms with van der Waals surface area (Å²) in [5, 5.41) is 9.14. The predicted molar refractivity (Wildman–Crippen MR) is 74.1 cm³/mol. The van der Waals surface area contributed by atoms with Crippen LogP contribution in [0.3, 0.4) is 0 Å². The van der Waals surface area contributed by atoms with Crippen molar-refractivity contribution in [2.24, 2.45) is 11.7 Å². The van der Waals surface area contributed by atoms with Gasteiger partial charge in [0.25, 0.3) is 0 Å². The Balaban J connectivity index is 2.70. The molecule has 1 amide bonds. The van der Waals surface area contributed by atoms with E-state index in [9.17, 15) is 9.59 Å². The number of amides is 1. The number of carboxylic acid groups (broad SMARTS) is 1. The summed E-state index contributed by atoms with van der Waals surface area (Å²) in [5.74, 6) is -0.949. The molecule has 0 aromatic carbocycles. The summed E-state index contributed by atoms with van der Waals surface area (Å²) in [5.41, 5.74) is 5.88. The maximum atomic E-state index is 12.3. The van der Waals surface area contributed by atoms with Gasteiger partial charge in [0, 0.05) is 6.54 Å². The molecule has 19 heavy (non-hydrogen) atoms. The minimum atomic E-state index is -0.925. The van der Waals surface area contributed by atoms with Crippen molar-refractivity contribution in [1.82, 2.24) is 4.90 Å². The minimum Gasteiger partial charge on any atom is -0.481 e. The summed E-state index contributed by atoms with van der Waals surface area (Å²) in [4.78, 5) is 25.0. The van der Waals surface area contributed by atoms with E-state index in [-0.39, 0.29) is 19.1 Å². The molecule has 1 aliphatic heterocycles. The van der Waals surface area contributed by atoms with Crippen molar-refractivity contribution in [3.8, 4) is 0 Å². The van der Waals surface area contributed by atoms with E-state index >= 15 is 0 Å². The van der Waals surface area contributed by atoms with E-state index < -0.39 is 24.0 Å². The molecule has 1 saturated heterocycles. The topological polar surface area (TPSA) is 92.9 Å². The fourth-order valence-corrected chi connectivity index (χ4v) is 2.71. The van der Waals surface area contributed by atoms with E-state index in [4.69, 9.17) is 15.6 Å². The number of nitrogens with two attached hydrogens (primary N) is 1. The maximum absolute atomic E-state index is 12.3. The molecular formula is C12H22N2O4S. The van der Waals surface area contributed by atoms with Crippen molar-refractivity contribution >= 4 is 23.6 Å². The maximum Gasteiger partial charge on any atom is 0.311 e. The normalized spacial score (nSPS) is 24.2. The SMILES string of the molecule is CCN(C(=O)[C@@H](N)CCSC)C1COCC1C(=O)O. The zero-order chi connectivity index (χ0) is 14.4. The number of carbonyl (C=O) groups excluding carboxylic acids is 1. The number of thioether (sulfide) groups is 1. The minimum absolute atomic E-state index is 0.157. The van der Waals surface area contributed by atoms with Gasteiger partial charge in [0.05, 0.1) is 25.3 Å². The van der Waals surface area contributed by atoms with Gasteiger partial charge in [-0.1, -0.05) is 0 Å². The van der Waals surface area contributed by atoms with Gasteiger partial charge in [0.2, 0.25) is 5.91 Å². The summed E-state index contributed by atoms with van der Waals surface area (Å²) in [7, 11) is 0. The molecule has 0 spiro atoms. The Labute approximate surface area is 117 Å². The van der Waals surface area contributed by atoms with Crippen LogP contribution in [0.15, 0.2) is 0 Å². The zero-order valence-electron chi connectivity index (χ0n) is 11.4. The van der Waals surface area contributed by atoms with Crippen molar-refractivity contribution in [2.45, 2.75) is 25.4 Å². The Morgan fingerprint density at radius 2 is 2.21 bits per heavy atom. The third kappa shape index (κ3) is 4.09. The third-order valence-electron chi connectivity index (χ3n) is 3.34. The Morgan fingerprint density at radius 3 is 2.74 bits per heavy atom. The van der Waals surface area contributed by atoms with Crippen LogP contribution in [0, 0.1) is 5.92 Å². The second kappa shape index (κ2) is 7.72. The van der Waals surface area contributed by atoms with Crippen LogP contribution in [0.1, 0.15) is 13.3 Å². The number of hydrogen-bond donors (Lipinski definition) is 2. The summed E-state index contributed by atoms with van der Waals surface area (Å²) in [6.07, 6.45) is 2.56. The summed E-state index contributed by atoms with van der Waals surface area (Å²) in [6, 6.07) is -0.974. The number of likely N-dealkylation sites (N-methyl/N-ethyl adjacent to an activating group) is 1. The van der Waals surface area contributed by atoms with Crippen molar-refractivity contribution < 1.29 is 19.4 Å². The lowest BCUT2D eigenvalue weighted by Gasteiger charge is -2.31. The smallest absolute Gasteiger partial charge is 0.311 e. The van der Waals surface area contributed by atoms with Gasteiger partial charge >= 0.3 is 5.97 Å². The van der Waals surface area contributed by atoms with Gasteiger partial charge < -0.3 is 20.5 Å². The molecule has 110 valence electrons. The molecule has 7 heteroatoms. The number of carboxylic acids is 1. The van der Waals surface area contributed by atoms with Gasteiger partial charge in [-0.15, -0.1) is 0 Å². The van der Waals surface area contributed by atoms with E-state index in [1.54, 1.807) is 16.7 Å². The highest BCUT2D eigenvalue weighted by molar-refractivity contribution is 7.98. The Hall–Kier alpha value is -0.790. The number of rotatable bonds is 7. The van der Waals surface area contributed by atoms with Crippen LogP contribution >= 0.6 is 11.8 Å². The number of aliphatic carboxylic acids is 1. The van der Waals surface area contributed by atoms with Crippen LogP contribution in [0.2, 0.25) is 0 Å². The highest BCUT2D eigenvalue weighted by Crippen LogP contribution is 2.21. The van der Waals surface area contributed by atoms with Crippen LogP contribution in [-0.2, 0) is 14.3 Å². The zero-order valence-corrected chi connectivity index (χ0v) is 12.2. The highest BCUT2D eigenvalue weighted by atomic mass is 32.2. The first-order chi connectivity index (χ1) is 9.02. The van der Waals surface area contributed by atoms with Gasteiger partial charge in [-0.2, -0.15) is 11.8 Å². The van der Waals surface area contributed by atoms with Gasteiger partial charge in [0.1, 0.15) is 5.92 Å². The van der Waals surface area contributed by atoms with Crippen LogP contribution in [0.4, 0.5) is 0 Å². The first kappa shape index (κ1) is 16.3. The Bertz CT molecular complexity index is 327. The molecule has 0 saturated carbocycles. The number of hydrogen-bond acceptors (Lipinski definition) is 5. The highest BCUT2D eigenvalue weighted by Gasteiger charge is 2.40. The monoisotopic (exact) mass is 290 g/mol. The lowest BCUT2D eigenvalue weighted by Crippen LogP contribution is -2.52. The average molecular weight is 290 g/mol. The summed E-state index contributed by atoms with van der Waals surface area (Å²) in [6.45, 7) is 2.70. The first-order valence-electron chi connectivity index (χ1n) is 6.38. The van der Waals surface area contributed by atoms with Crippen LogP contribution in [0.5, 0.6) is 0 Å². The number of ether oxygens (including phenoxy) is 1. The van der Waals surface area contributed by atoms with E-state index in [1.165, 1.54) is 0 Å². The summed E-state index contributed by atoms with van der Waals surface area (Å²) < 4.78 is 5.21. The molecule has 2 unspecified atom stereocenters. The Kier molecular flexibility index (Phi) is 6.60. The lowest BCUT2D eigenvalue weighted by atomic mass is 10.0. The Morgan fingerprint density at radius 1 is 1.53 bits per heavy atom. The third-order valence-corrected chi connectivity index (χ3v) is 3.99. The van der Waals surface area contributed by atoms with Crippen molar-refractivity contribution in [1.29, 1.82) is 0 Å². The predicted octanol–water partition coefficient (Wildman–Crippen LogP) is 0.0149. The quantitative estimate of drug-likeness (QED) is 0.686. The first-order valence-corrected chi connectivity index (χ1v) is 7.77. The standard InChI is InChI=1S/C12H22N2O4S/c1-3-14(11(15)9(13)4-5-19-2)10-7-18-6-8(10)12(16)17/h8-10H,3-7,13H2,1-2H3,(H,16,17)/t8?,9-,10?/m0/s1. The number of nitrogens with zero attached hydrogens (tertiary/aromatic N) is 1. The molecule has 1 aliphatic rings. The van der Waals surface area contributed by atoms with Crippen LogP contribution in [-0.4, -0.2) is 65.7 Å². The van der Waals surface area contributed by atoms with Gasteiger partial charge in [0.15, 0.2) is 0 Å². The van der Waals surface area contributed by atoms with Crippen molar-refractivity contribution in [2.75, 3.05) is 31.8 Å². The van der Waals surface area contributed by atoms with Crippen LogP contribution < -0.4 is 5.73 Å². The molecule has 1 rings (SSSR count). The van der Waals surface area contributed by atoms with Crippen LogP contribution in [0.25, 0.3) is 0 Å². The molecule has 3 atom stereocenters. The molecule has 6 nitrogen and oxygen atoms in total. The molecule has 1 heterocycles. The summed E-state index contributed by atoms with van der Waals surface area (Å²) >= 11 is 1.63. The molecule has 0 aromatic heterocycles. The molecule has 0 bridgehead atoms. The largest absolute Gasteiger partial charge is 0.481 e. The number of carbonyl (C=O) groups is 2. The fourth-order valence-electron chi connectivity index (χ4n) is 2.22. The fraction of sp³-hybridized carbons (Fsp3) is 0.833. The molecule has 0 aromatic rings. The van der Waals surface area contributed by atoms with E-state index in [0.29, 0.717) is 13.0 Å². The van der Waals surface area contributed by atoms with E-state index in [1.807, 2.05) is 13.2 Å². The van der Waals surface area contributed by atoms with E-state index in [2.05, 4.69) is 0 Å². The van der Waals surface area contributed by atoms with E-state index in [0.717, 1.165) is 5.75 Å². The van der Waals surface area contributed by atoms with Crippen molar-refractivity contribution in [3.05, 3.63) is 0 Å². The molecule has 1 fully saturated rings. The molecule has 0 radical (unpaired) electrons. The van der Waals surface area contributed by atoms with Gasteiger partial charge in [-0.3, -0.25) is 9.59 Å². The molecule has 0 aliphatic carbocycles. The van der Waals surface area contributed by atoms with Gasteiger partial charge in [-0.05, 0) is 25.4 Å². The van der Waals surface area contributed by atoms with Crippen molar-refractivity contribution in [3.63, 3.8) is 0 Å². The second-order valence-electron chi connectivity index (χ2n) is 4.56. The second-order valence-corrected chi connectivity index (χ2v) is 5.55. The molecular weight excluding hydrogens is 268 g/mol. The lowest BCUT2D eigenvalue weighted by molar-refractivity contribution is -0.145.